The van der Waals surface area contributed by atoms with Gasteiger partial charge in [-0.25, -0.2) is 47.9 Å². The summed E-state index contributed by atoms with van der Waals surface area (Å²) in [5.74, 6) is -4.65. The molecule has 27 heteroatoms. The number of esters is 5. The Morgan fingerprint density at radius 1 is 0.355 bits per heavy atom. The molecule has 5 aromatic rings. The second-order valence-corrected chi connectivity index (χ2v) is 22.4. The van der Waals surface area contributed by atoms with E-state index in [1.807, 2.05) is 22.6 Å². The molecule has 0 aliphatic heterocycles. The van der Waals surface area contributed by atoms with Crippen LogP contribution in [-0.2, 0) is 47.7 Å². The molecule has 0 atom stereocenters. The van der Waals surface area contributed by atoms with Gasteiger partial charge >= 0.3 is 60.3 Å². The number of hydrogen-bond donors (Lipinski definition) is 5. The van der Waals surface area contributed by atoms with Crippen molar-refractivity contribution in [3.05, 3.63) is 182 Å². The highest BCUT2D eigenvalue weighted by molar-refractivity contribution is 14.1. The monoisotopic (exact) mass is 1500 g/mol. The number of benzene rings is 5. The van der Waals surface area contributed by atoms with Crippen LogP contribution in [0.15, 0.2) is 158 Å². The number of halogens is 2. The van der Waals surface area contributed by atoms with Crippen LogP contribution in [0.3, 0.4) is 0 Å². The van der Waals surface area contributed by atoms with Crippen LogP contribution in [0.4, 0.5) is 24.0 Å². The molecular weight excluding hydrogens is 1440 g/mol. The molecule has 0 unspecified atom stereocenters. The third kappa shape index (κ3) is 24.3. The molecule has 0 heterocycles. The highest BCUT2D eigenvalue weighted by atomic mass is 127. The second kappa shape index (κ2) is 36.7. The quantitative estimate of drug-likeness (QED) is 0.00712. The lowest BCUT2D eigenvalue weighted by atomic mass is 9.81. The normalized spacial score (nSPS) is 10.4. The molecule has 5 rings (SSSR count). The summed E-state index contributed by atoms with van der Waals surface area (Å²) in [5.41, 5.74) is 3.27. The van der Waals surface area contributed by atoms with Crippen LogP contribution in [0.25, 0.3) is 22.3 Å². The van der Waals surface area contributed by atoms with E-state index in [1.165, 1.54) is 71.0 Å². The van der Waals surface area contributed by atoms with Crippen LogP contribution < -0.4 is 50.3 Å². The Morgan fingerprint density at radius 2 is 0.634 bits per heavy atom. The SMILES string of the molecule is C=C(C)C(=O)OCCNC(=O)Oc1ccc(-c2ccc(OC(=O)NCCOC(=O)C(=C)C)c(C(c3cc(-c4ccc(OC(=O)NCCOC(=O)C(=C)C)cc4)ccc3OC(=O)NCCOC(=O)C(=C)C)c3cc(I)cc(I)c3OC(=O)NCCOC(=O)C(=C)C)c2)cc1. The van der Waals surface area contributed by atoms with Gasteiger partial charge in [0.2, 0.25) is 0 Å². The molecular formula is C66H67I2N5O20. The fourth-order valence-electron chi connectivity index (χ4n) is 7.72. The van der Waals surface area contributed by atoms with Gasteiger partial charge in [0.05, 0.1) is 36.3 Å². The second-order valence-electron chi connectivity index (χ2n) is 20.0. The Morgan fingerprint density at radius 3 is 0.935 bits per heavy atom. The number of rotatable bonds is 30. The maximum atomic E-state index is 14.0. The minimum absolute atomic E-state index is 0.0415. The first-order chi connectivity index (χ1) is 44.2. The van der Waals surface area contributed by atoms with Crippen molar-refractivity contribution in [3.63, 3.8) is 0 Å². The number of hydrogen-bond acceptors (Lipinski definition) is 20. The van der Waals surface area contributed by atoms with Crippen molar-refractivity contribution < 1.29 is 95.3 Å². The van der Waals surface area contributed by atoms with Gasteiger partial charge in [0.25, 0.3) is 0 Å². The molecule has 0 saturated carbocycles. The van der Waals surface area contributed by atoms with Crippen molar-refractivity contribution in [2.75, 3.05) is 65.8 Å². The lowest BCUT2D eigenvalue weighted by molar-refractivity contribution is -0.139. The molecule has 93 heavy (non-hydrogen) atoms. The van der Waals surface area contributed by atoms with Crippen molar-refractivity contribution in [1.82, 2.24) is 26.6 Å². The average Bonchev–Trinajstić information content (AvgIpc) is 0.758. The van der Waals surface area contributed by atoms with Crippen LogP contribution in [0.2, 0.25) is 0 Å². The smallest absolute Gasteiger partial charge is 0.412 e. The summed E-state index contributed by atoms with van der Waals surface area (Å²) < 4.78 is 56.0. The van der Waals surface area contributed by atoms with Gasteiger partial charge in [0, 0.05) is 54.0 Å². The molecule has 0 aromatic heterocycles. The zero-order valence-electron chi connectivity index (χ0n) is 51.3. The van der Waals surface area contributed by atoms with Crippen LogP contribution >= 0.6 is 45.2 Å². The summed E-state index contributed by atoms with van der Waals surface area (Å²) in [6.07, 6.45) is -4.70. The van der Waals surface area contributed by atoms with Crippen molar-refractivity contribution in [1.29, 1.82) is 0 Å². The molecule has 5 aromatic carbocycles. The first-order valence-corrected chi connectivity index (χ1v) is 30.3. The zero-order valence-corrected chi connectivity index (χ0v) is 55.7. The predicted octanol–water partition coefficient (Wildman–Crippen LogP) is 10.4. The van der Waals surface area contributed by atoms with Gasteiger partial charge in [0.15, 0.2) is 0 Å². The topological polar surface area (TPSA) is 323 Å². The molecule has 25 nitrogen and oxygen atoms in total. The molecule has 5 N–H and O–H groups in total. The van der Waals surface area contributed by atoms with Gasteiger partial charge < -0.3 is 74.0 Å². The molecule has 5 amide bonds. The van der Waals surface area contributed by atoms with Gasteiger partial charge in [-0.05, 0) is 163 Å². The molecule has 490 valence electrons. The highest BCUT2D eigenvalue weighted by Crippen LogP contribution is 2.48. The number of carbonyl (C=O) groups excluding carboxylic acids is 10. The predicted molar refractivity (Wildman–Crippen MR) is 356 cm³/mol. The van der Waals surface area contributed by atoms with E-state index < -0.39 is 66.2 Å². The number of ether oxygens (including phenoxy) is 10. The zero-order chi connectivity index (χ0) is 68.3. The average molecular weight is 1500 g/mol. The van der Waals surface area contributed by atoms with E-state index in [4.69, 9.17) is 47.4 Å². The Bertz CT molecular complexity index is 3510. The number of carbonyl (C=O) groups is 10. The highest BCUT2D eigenvalue weighted by Gasteiger charge is 2.32. The molecule has 0 bridgehead atoms. The van der Waals surface area contributed by atoms with Crippen LogP contribution in [-0.4, -0.2) is 126 Å². The third-order valence-electron chi connectivity index (χ3n) is 12.2. The van der Waals surface area contributed by atoms with E-state index in [1.54, 1.807) is 60.7 Å². The van der Waals surface area contributed by atoms with Crippen LogP contribution in [0.1, 0.15) is 57.2 Å². The Hall–Kier alpha value is -10.0. The van der Waals surface area contributed by atoms with Gasteiger partial charge in [0.1, 0.15) is 61.8 Å². The Balaban J connectivity index is 1.73. The van der Waals surface area contributed by atoms with Crippen molar-refractivity contribution in [2.45, 2.75) is 40.5 Å². The van der Waals surface area contributed by atoms with Crippen molar-refractivity contribution >= 4 is 105 Å². The largest absolute Gasteiger partial charge is 0.460 e. The van der Waals surface area contributed by atoms with E-state index in [2.05, 4.69) is 82.1 Å². The number of amides is 5. The van der Waals surface area contributed by atoms with Gasteiger partial charge in [-0.1, -0.05) is 69.3 Å². The molecule has 0 spiro atoms. The first kappa shape index (κ1) is 73.7. The van der Waals surface area contributed by atoms with Crippen molar-refractivity contribution in [2.24, 2.45) is 0 Å². The van der Waals surface area contributed by atoms with Crippen LogP contribution in [0.5, 0.6) is 28.7 Å². The van der Waals surface area contributed by atoms with E-state index in [-0.39, 0.29) is 139 Å². The van der Waals surface area contributed by atoms with Crippen LogP contribution in [0, 0.1) is 7.14 Å². The fraction of sp³-hybridized carbons (Fsp3) is 0.242. The maximum Gasteiger partial charge on any atom is 0.412 e. The number of nitrogens with one attached hydrogen (secondary N) is 5. The fourth-order valence-corrected chi connectivity index (χ4v) is 9.72. The summed E-state index contributed by atoms with van der Waals surface area (Å²) in [7, 11) is 0. The summed E-state index contributed by atoms with van der Waals surface area (Å²) >= 11 is 4.05. The molecule has 0 saturated heterocycles. The Kier molecular flexibility index (Phi) is 29.1. The first-order valence-electron chi connectivity index (χ1n) is 28.1. The van der Waals surface area contributed by atoms with E-state index >= 15 is 0 Å². The minimum atomic E-state index is -1.31. The molecule has 0 radical (unpaired) electrons. The molecule has 0 aliphatic carbocycles. The molecule has 0 fully saturated rings. The summed E-state index contributed by atoms with van der Waals surface area (Å²) in [4.78, 5) is 128. The minimum Gasteiger partial charge on any atom is -0.460 e. The van der Waals surface area contributed by atoms with Gasteiger partial charge in [-0.3, -0.25) is 0 Å². The summed E-state index contributed by atoms with van der Waals surface area (Å²) in [5, 5.41) is 12.7. The van der Waals surface area contributed by atoms with Gasteiger partial charge in [-0.15, -0.1) is 0 Å². The molecule has 0 aliphatic rings. The Labute approximate surface area is 562 Å². The third-order valence-corrected chi connectivity index (χ3v) is 13.6. The van der Waals surface area contributed by atoms with Gasteiger partial charge in [-0.2, -0.15) is 0 Å². The summed E-state index contributed by atoms with van der Waals surface area (Å²) in [6, 6.07) is 25.6. The van der Waals surface area contributed by atoms with E-state index in [9.17, 15) is 47.9 Å². The standard InChI is InChI=1S/C66H67I2N5O20/c1-37(2)57(74)84-28-23-69-62(79)89-47-17-11-42(12-18-47)44-15-21-53(91-64(81)71-25-30-86-59(76)39(5)6)49(33-44)55(51-35-46(67)36-52(68)56(51)93-66(83)73-27-32-88-61(78)41(9)10)50-34-45(16-22-54(50)92-65(82)72-26-31-87-60(77)40(7)8)43-13-19-48(20-14-43)90-63(80)70-24-29-85-58(75)38(3)4/h11-22,33-36,55H,1,3,5,7,9,23-32H2,2,4,6,8,10H3,(H,69,79)(H,70,80)(H,71,81)(H,72,82)(H,73,83). The summed E-state index contributed by atoms with van der Waals surface area (Å²) in [6.45, 7) is 23.3. The maximum absolute atomic E-state index is 14.0. The van der Waals surface area contributed by atoms with Crippen molar-refractivity contribution in [3.8, 4) is 51.0 Å². The van der Waals surface area contributed by atoms with E-state index in [0.29, 0.717) is 29.4 Å². The lowest BCUT2D eigenvalue weighted by Crippen LogP contribution is -2.32. The lowest BCUT2D eigenvalue weighted by Gasteiger charge is -2.27. The van der Waals surface area contributed by atoms with E-state index in [0.717, 1.165) is 0 Å².